The fraction of sp³-hybridized carbons (Fsp3) is 0.588. The first-order valence-corrected chi connectivity index (χ1v) is 8.89. The van der Waals surface area contributed by atoms with Crippen LogP contribution in [0.1, 0.15) is 51.6 Å². The second-order valence-corrected chi connectivity index (χ2v) is 7.36. The van der Waals surface area contributed by atoms with Gasteiger partial charge in [-0.2, -0.15) is 0 Å². The Morgan fingerprint density at radius 2 is 2.18 bits per heavy atom. The average Bonchev–Trinajstić information content (AvgIpc) is 2.96. The van der Waals surface area contributed by atoms with E-state index in [9.17, 15) is 5.11 Å². The molecule has 0 fully saturated rings. The molecule has 0 aliphatic carbocycles. The number of fused-ring (bicyclic) bond motifs is 3. The van der Waals surface area contributed by atoms with Gasteiger partial charge in [0.2, 0.25) is 0 Å². The molecule has 2 aromatic rings. The van der Waals surface area contributed by atoms with Gasteiger partial charge in [-0.3, -0.25) is 0 Å². The summed E-state index contributed by atoms with van der Waals surface area (Å²) >= 11 is 1.61. The van der Waals surface area contributed by atoms with Gasteiger partial charge in [0.1, 0.15) is 17.2 Å². The van der Waals surface area contributed by atoms with Crippen molar-refractivity contribution in [1.82, 2.24) is 10.3 Å². The second-order valence-electron chi connectivity index (χ2n) is 6.47. The van der Waals surface area contributed by atoms with E-state index in [-0.39, 0.29) is 6.04 Å². The van der Waals surface area contributed by atoms with Crippen molar-refractivity contribution in [3.63, 3.8) is 0 Å². The smallest absolute Gasteiger partial charge is 0.152 e. The molecule has 0 radical (unpaired) electrons. The molecular formula is C17H24N2O2S. The van der Waals surface area contributed by atoms with Crippen LogP contribution in [-0.2, 0) is 0 Å². The summed E-state index contributed by atoms with van der Waals surface area (Å²) in [5.74, 6) is 0.821. The Hall–Kier alpha value is -1.17. The lowest BCUT2D eigenvalue weighted by molar-refractivity contribution is -0.0635. The Morgan fingerprint density at radius 1 is 1.36 bits per heavy atom. The zero-order valence-electron chi connectivity index (χ0n) is 13.4. The van der Waals surface area contributed by atoms with Gasteiger partial charge in [0.05, 0.1) is 16.3 Å². The van der Waals surface area contributed by atoms with Crippen LogP contribution in [0.2, 0.25) is 0 Å². The number of hydrogen-bond donors (Lipinski definition) is 2. The van der Waals surface area contributed by atoms with Gasteiger partial charge in [-0.05, 0) is 32.9 Å². The van der Waals surface area contributed by atoms with Crippen LogP contribution in [0.3, 0.4) is 0 Å². The Balaban J connectivity index is 1.95. The predicted octanol–water partition coefficient (Wildman–Crippen LogP) is 3.65. The molecule has 0 bridgehead atoms. The largest absolute Gasteiger partial charge is 0.482 e. The third-order valence-corrected chi connectivity index (χ3v) is 5.15. The number of ether oxygens (including phenoxy) is 1. The first-order chi connectivity index (χ1) is 10.5. The average molecular weight is 320 g/mol. The zero-order valence-corrected chi connectivity index (χ0v) is 14.2. The second kappa shape index (κ2) is 6.14. The van der Waals surface area contributed by atoms with Gasteiger partial charge in [-0.15, -0.1) is 11.3 Å². The lowest BCUT2D eigenvalue weighted by Crippen LogP contribution is -2.52. The van der Waals surface area contributed by atoms with Crippen LogP contribution in [0, 0.1) is 0 Å². The Labute approximate surface area is 135 Å². The monoisotopic (exact) mass is 320 g/mol. The molecule has 2 atom stereocenters. The maximum absolute atomic E-state index is 10.7. The van der Waals surface area contributed by atoms with Crippen molar-refractivity contribution in [1.29, 1.82) is 0 Å². The van der Waals surface area contributed by atoms with E-state index >= 15 is 0 Å². The molecule has 22 heavy (non-hydrogen) atoms. The molecule has 1 aliphatic rings. The summed E-state index contributed by atoms with van der Waals surface area (Å²) < 4.78 is 7.24. The van der Waals surface area contributed by atoms with Gasteiger partial charge >= 0.3 is 0 Å². The van der Waals surface area contributed by atoms with Crippen LogP contribution in [0.4, 0.5) is 0 Å². The summed E-state index contributed by atoms with van der Waals surface area (Å²) in [5, 5.41) is 14.2. The molecule has 0 saturated carbocycles. The van der Waals surface area contributed by atoms with Crippen molar-refractivity contribution in [3.8, 4) is 5.75 Å². The molecule has 2 N–H and O–H groups in total. The number of nitrogens with zero attached hydrogens (tertiary/aromatic N) is 1. The molecule has 2 heterocycles. The van der Waals surface area contributed by atoms with Gasteiger partial charge in [0.15, 0.2) is 5.75 Å². The summed E-state index contributed by atoms with van der Waals surface area (Å²) in [7, 11) is 0. The number of thiazole rings is 1. The first-order valence-electron chi connectivity index (χ1n) is 8.01. The highest BCUT2D eigenvalue weighted by molar-refractivity contribution is 7.16. The molecule has 2 unspecified atom stereocenters. The van der Waals surface area contributed by atoms with Crippen LogP contribution >= 0.6 is 11.3 Å². The van der Waals surface area contributed by atoms with E-state index in [1.165, 1.54) is 12.8 Å². The molecule has 0 spiro atoms. The topological polar surface area (TPSA) is 54.4 Å². The summed E-state index contributed by atoms with van der Waals surface area (Å²) in [4.78, 5) is 4.45. The molecule has 3 rings (SSSR count). The van der Waals surface area contributed by atoms with Crippen LogP contribution in [0.25, 0.3) is 10.2 Å². The van der Waals surface area contributed by atoms with E-state index in [4.69, 9.17) is 4.74 Å². The minimum Gasteiger partial charge on any atom is -0.482 e. The fourth-order valence-electron chi connectivity index (χ4n) is 3.02. The first kappa shape index (κ1) is 15.7. The van der Waals surface area contributed by atoms with Crippen molar-refractivity contribution >= 4 is 21.6 Å². The third-order valence-electron chi connectivity index (χ3n) is 4.36. The summed E-state index contributed by atoms with van der Waals surface area (Å²) in [6, 6.07) is 4.02. The lowest BCUT2D eigenvalue weighted by atomic mass is 9.86. The van der Waals surface area contributed by atoms with Gasteiger partial charge < -0.3 is 15.2 Å². The highest BCUT2D eigenvalue weighted by Gasteiger charge is 2.43. The lowest BCUT2D eigenvalue weighted by Gasteiger charge is -2.42. The zero-order chi connectivity index (χ0) is 15.7. The van der Waals surface area contributed by atoms with E-state index in [0.717, 1.165) is 34.5 Å². The molecule has 0 amide bonds. The van der Waals surface area contributed by atoms with Gasteiger partial charge in [0, 0.05) is 5.56 Å². The molecule has 1 aromatic heterocycles. The molecule has 0 saturated heterocycles. The van der Waals surface area contributed by atoms with Crippen molar-refractivity contribution in [3.05, 3.63) is 23.2 Å². The molecule has 120 valence electrons. The quantitative estimate of drug-likeness (QED) is 0.826. The minimum absolute atomic E-state index is 0.110. The van der Waals surface area contributed by atoms with Crippen molar-refractivity contribution < 1.29 is 9.84 Å². The number of nitrogens with one attached hydrogen (secondary N) is 1. The number of unbranched alkanes of at least 4 members (excludes halogenated alkanes) is 2. The van der Waals surface area contributed by atoms with E-state index in [2.05, 4.69) is 29.4 Å². The number of aliphatic hydroxyl groups excluding tert-OH is 1. The molecular weight excluding hydrogens is 296 g/mol. The highest BCUT2D eigenvalue weighted by Crippen LogP contribution is 2.44. The Kier molecular flexibility index (Phi) is 4.39. The number of benzene rings is 1. The number of rotatable bonds is 5. The normalized spacial score (nSPS) is 23.3. The number of aliphatic hydroxyl groups is 1. The summed E-state index contributed by atoms with van der Waals surface area (Å²) in [6.07, 6.45) is 2.93. The summed E-state index contributed by atoms with van der Waals surface area (Å²) in [5.41, 5.74) is 3.13. The maximum atomic E-state index is 10.7. The van der Waals surface area contributed by atoms with Crippen molar-refractivity contribution in [2.24, 2.45) is 0 Å². The van der Waals surface area contributed by atoms with E-state index in [0.29, 0.717) is 0 Å². The van der Waals surface area contributed by atoms with Crippen LogP contribution in [0.5, 0.6) is 5.75 Å². The summed E-state index contributed by atoms with van der Waals surface area (Å²) in [6.45, 7) is 6.97. The molecule has 5 heteroatoms. The Morgan fingerprint density at radius 3 is 2.95 bits per heavy atom. The van der Waals surface area contributed by atoms with Crippen LogP contribution in [0.15, 0.2) is 17.6 Å². The SMILES string of the molecule is CCCCCNC1c2ccc3scnc3c2OC(C)(C)C1O. The van der Waals surface area contributed by atoms with E-state index in [1.807, 2.05) is 19.4 Å². The maximum Gasteiger partial charge on any atom is 0.152 e. The van der Waals surface area contributed by atoms with Crippen molar-refractivity contribution in [2.75, 3.05) is 6.54 Å². The van der Waals surface area contributed by atoms with Gasteiger partial charge in [-0.1, -0.05) is 25.8 Å². The third kappa shape index (κ3) is 2.73. The van der Waals surface area contributed by atoms with Crippen LogP contribution < -0.4 is 10.1 Å². The van der Waals surface area contributed by atoms with Crippen LogP contribution in [-0.4, -0.2) is 28.3 Å². The number of aromatic nitrogens is 1. The predicted molar refractivity (Wildman–Crippen MR) is 90.6 cm³/mol. The molecule has 4 nitrogen and oxygen atoms in total. The van der Waals surface area contributed by atoms with Gasteiger partial charge in [-0.25, -0.2) is 4.98 Å². The van der Waals surface area contributed by atoms with Crippen molar-refractivity contribution in [2.45, 2.75) is 57.8 Å². The van der Waals surface area contributed by atoms with E-state index in [1.54, 1.807) is 11.3 Å². The fourth-order valence-corrected chi connectivity index (χ4v) is 3.70. The number of hydrogen-bond acceptors (Lipinski definition) is 5. The highest BCUT2D eigenvalue weighted by atomic mass is 32.1. The minimum atomic E-state index is -0.632. The van der Waals surface area contributed by atoms with E-state index < -0.39 is 11.7 Å². The van der Waals surface area contributed by atoms with Gasteiger partial charge in [0.25, 0.3) is 0 Å². The molecule has 1 aliphatic heterocycles. The molecule has 1 aromatic carbocycles. The standard InChI is InChI=1S/C17H24N2O2S/c1-4-5-6-9-18-13-11-7-8-12-14(19-10-22-12)15(11)21-17(2,3)16(13)20/h7-8,10,13,16,18,20H,4-6,9H2,1-3H3. The Bertz CT molecular complexity index is 653.